The first kappa shape index (κ1) is 7.13. The van der Waals surface area contributed by atoms with Gasteiger partial charge in [-0.2, -0.15) is 0 Å². The molecule has 0 saturated heterocycles. The van der Waals surface area contributed by atoms with Gasteiger partial charge in [-0.05, 0) is 15.9 Å². The van der Waals surface area contributed by atoms with Crippen LogP contribution in [-0.2, 0) is 0 Å². The van der Waals surface area contributed by atoms with Gasteiger partial charge in [0.05, 0.1) is 9.50 Å². The summed E-state index contributed by atoms with van der Waals surface area (Å²) >= 11 is 8.98. The third-order valence-electron chi connectivity index (χ3n) is 1.33. The van der Waals surface area contributed by atoms with Crippen LogP contribution in [0.1, 0.15) is 0 Å². The number of nitrogens with zero attached hydrogens (tertiary/aromatic N) is 1. The molecule has 0 radical (unpaired) electrons. The van der Waals surface area contributed by atoms with E-state index in [1.165, 1.54) is 0 Å². The Labute approximate surface area is 76.3 Å². The van der Waals surface area contributed by atoms with E-state index < -0.39 is 0 Å². The molecule has 0 bridgehead atoms. The number of pyridine rings is 1. The molecule has 0 amide bonds. The number of rotatable bonds is 0. The van der Waals surface area contributed by atoms with Gasteiger partial charge >= 0.3 is 0 Å². The summed E-state index contributed by atoms with van der Waals surface area (Å²) in [4.78, 5) is 4.07. The Hall–Kier alpha value is -0.540. The van der Waals surface area contributed by atoms with Gasteiger partial charge in [0.1, 0.15) is 11.8 Å². The van der Waals surface area contributed by atoms with E-state index in [-0.39, 0.29) is 0 Å². The van der Waals surface area contributed by atoms with Crippen LogP contribution < -0.4 is 0 Å². The van der Waals surface area contributed by atoms with Crippen molar-refractivity contribution in [2.24, 2.45) is 0 Å². The van der Waals surface area contributed by atoms with Gasteiger partial charge in [-0.1, -0.05) is 11.6 Å². The first-order valence-electron chi connectivity index (χ1n) is 2.95. The molecule has 0 aliphatic carbocycles. The standard InChI is InChI=1S/C7H3BrClNO/c8-5-3-11-6-1-4(9)2-10-7(5)6/h1-3H. The summed E-state index contributed by atoms with van der Waals surface area (Å²) < 4.78 is 5.99. The van der Waals surface area contributed by atoms with Crippen LogP contribution >= 0.6 is 27.5 Å². The Morgan fingerprint density at radius 3 is 3.18 bits per heavy atom. The number of hydrogen-bond donors (Lipinski definition) is 0. The predicted octanol–water partition coefficient (Wildman–Crippen LogP) is 3.24. The van der Waals surface area contributed by atoms with E-state index in [2.05, 4.69) is 20.9 Å². The zero-order chi connectivity index (χ0) is 7.84. The average Bonchev–Trinajstić information content (AvgIpc) is 2.32. The molecule has 0 aliphatic heterocycles. The maximum absolute atomic E-state index is 5.69. The SMILES string of the molecule is Clc1cnc2c(Br)coc2c1. The van der Waals surface area contributed by atoms with E-state index in [9.17, 15) is 0 Å². The lowest BCUT2D eigenvalue weighted by Crippen LogP contribution is -1.72. The molecule has 0 unspecified atom stereocenters. The molecule has 0 aromatic carbocycles. The molecule has 0 spiro atoms. The van der Waals surface area contributed by atoms with Crippen molar-refractivity contribution in [1.82, 2.24) is 4.98 Å². The van der Waals surface area contributed by atoms with Crippen LogP contribution in [0.4, 0.5) is 0 Å². The molecular weight excluding hydrogens is 229 g/mol. The van der Waals surface area contributed by atoms with Crippen molar-refractivity contribution in [3.05, 3.63) is 28.0 Å². The minimum absolute atomic E-state index is 0.583. The van der Waals surface area contributed by atoms with Gasteiger partial charge in [-0.25, -0.2) is 0 Å². The molecule has 2 heterocycles. The normalized spacial score (nSPS) is 10.7. The predicted molar refractivity (Wildman–Crippen MR) is 46.7 cm³/mol. The van der Waals surface area contributed by atoms with Crippen molar-refractivity contribution in [2.75, 3.05) is 0 Å². The molecule has 2 rings (SSSR count). The Bertz CT molecular complexity index is 398. The van der Waals surface area contributed by atoms with Crippen LogP contribution in [0.3, 0.4) is 0 Å². The quantitative estimate of drug-likeness (QED) is 0.697. The summed E-state index contributed by atoms with van der Waals surface area (Å²) in [7, 11) is 0. The highest BCUT2D eigenvalue weighted by Gasteiger charge is 2.03. The van der Waals surface area contributed by atoms with E-state index >= 15 is 0 Å². The summed E-state index contributed by atoms with van der Waals surface area (Å²) in [6, 6.07) is 1.73. The zero-order valence-corrected chi connectivity index (χ0v) is 7.69. The number of fused-ring (bicyclic) bond motifs is 1. The van der Waals surface area contributed by atoms with Gasteiger partial charge in [-0.15, -0.1) is 0 Å². The van der Waals surface area contributed by atoms with Gasteiger partial charge in [0, 0.05) is 12.3 Å². The maximum Gasteiger partial charge on any atom is 0.154 e. The Morgan fingerprint density at radius 1 is 1.55 bits per heavy atom. The molecule has 0 saturated carbocycles. The second-order valence-electron chi connectivity index (χ2n) is 2.08. The summed E-state index contributed by atoms with van der Waals surface area (Å²) in [5.41, 5.74) is 1.50. The molecule has 11 heavy (non-hydrogen) atoms. The van der Waals surface area contributed by atoms with Crippen molar-refractivity contribution in [3.63, 3.8) is 0 Å². The fourth-order valence-electron chi connectivity index (χ4n) is 0.861. The molecule has 2 aromatic heterocycles. The monoisotopic (exact) mass is 231 g/mol. The van der Waals surface area contributed by atoms with E-state index in [1.807, 2.05) is 0 Å². The summed E-state index contributed by atoms with van der Waals surface area (Å²) in [5.74, 6) is 0. The molecule has 0 aliphatic rings. The molecule has 4 heteroatoms. The van der Waals surface area contributed by atoms with Crippen LogP contribution in [0.15, 0.2) is 27.4 Å². The lowest BCUT2D eigenvalue weighted by Gasteiger charge is -1.87. The van der Waals surface area contributed by atoms with Crippen LogP contribution in [0.5, 0.6) is 0 Å². The molecule has 56 valence electrons. The van der Waals surface area contributed by atoms with Crippen LogP contribution in [-0.4, -0.2) is 4.98 Å². The lowest BCUT2D eigenvalue weighted by atomic mass is 10.4. The topological polar surface area (TPSA) is 26.0 Å². The minimum Gasteiger partial charge on any atom is -0.461 e. The van der Waals surface area contributed by atoms with E-state index in [4.69, 9.17) is 16.0 Å². The minimum atomic E-state index is 0.583. The van der Waals surface area contributed by atoms with Gasteiger partial charge in [0.15, 0.2) is 5.58 Å². The first-order chi connectivity index (χ1) is 5.27. The highest BCUT2D eigenvalue weighted by molar-refractivity contribution is 9.10. The van der Waals surface area contributed by atoms with Crippen molar-refractivity contribution in [2.45, 2.75) is 0 Å². The summed E-state index contributed by atoms with van der Waals surface area (Å²) in [6.07, 6.45) is 3.18. The zero-order valence-electron chi connectivity index (χ0n) is 5.34. The smallest absolute Gasteiger partial charge is 0.154 e. The van der Waals surface area contributed by atoms with Gasteiger partial charge in [0.2, 0.25) is 0 Å². The third kappa shape index (κ3) is 1.14. The summed E-state index contributed by atoms with van der Waals surface area (Å²) in [5, 5.41) is 0.583. The molecule has 0 atom stereocenters. The number of hydrogen-bond acceptors (Lipinski definition) is 2. The number of halogens is 2. The van der Waals surface area contributed by atoms with Crippen LogP contribution in [0.25, 0.3) is 11.1 Å². The van der Waals surface area contributed by atoms with Crippen LogP contribution in [0, 0.1) is 0 Å². The second kappa shape index (κ2) is 2.50. The van der Waals surface area contributed by atoms with E-state index in [1.54, 1.807) is 18.5 Å². The molecule has 0 N–H and O–H groups in total. The van der Waals surface area contributed by atoms with Crippen LogP contribution in [0.2, 0.25) is 5.02 Å². The number of furan rings is 1. The van der Waals surface area contributed by atoms with E-state index in [0.717, 1.165) is 9.99 Å². The summed E-state index contributed by atoms with van der Waals surface area (Å²) in [6.45, 7) is 0. The third-order valence-corrected chi connectivity index (χ3v) is 2.10. The Morgan fingerprint density at radius 2 is 2.36 bits per heavy atom. The largest absolute Gasteiger partial charge is 0.461 e. The molecule has 2 nitrogen and oxygen atoms in total. The fourth-order valence-corrected chi connectivity index (χ4v) is 1.40. The van der Waals surface area contributed by atoms with E-state index in [0.29, 0.717) is 10.6 Å². The maximum atomic E-state index is 5.69. The highest BCUT2D eigenvalue weighted by atomic mass is 79.9. The van der Waals surface area contributed by atoms with Crippen molar-refractivity contribution < 1.29 is 4.42 Å². The number of aromatic nitrogens is 1. The van der Waals surface area contributed by atoms with Crippen molar-refractivity contribution in [1.29, 1.82) is 0 Å². The molecule has 2 aromatic rings. The second-order valence-corrected chi connectivity index (χ2v) is 3.37. The lowest BCUT2D eigenvalue weighted by molar-refractivity contribution is 0.613. The first-order valence-corrected chi connectivity index (χ1v) is 4.13. The Balaban J connectivity index is 2.86. The van der Waals surface area contributed by atoms with Crippen molar-refractivity contribution >= 4 is 38.6 Å². The van der Waals surface area contributed by atoms with Crippen molar-refractivity contribution in [3.8, 4) is 0 Å². The van der Waals surface area contributed by atoms with Gasteiger partial charge < -0.3 is 4.42 Å². The fraction of sp³-hybridized carbons (Fsp3) is 0. The Kier molecular flexibility index (Phi) is 1.62. The average molecular weight is 232 g/mol. The highest BCUT2D eigenvalue weighted by Crippen LogP contribution is 2.25. The molecule has 0 fully saturated rings. The van der Waals surface area contributed by atoms with Gasteiger partial charge in [0.25, 0.3) is 0 Å². The molecular formula is C7H3BrClNO. The van der Waals surface area contributed by atoms with Gasteiger partial charge in [-0.3, -0.25) is 4.98 Å².